The Labute approximate surface area is 86.5 Å². The lowest BCUT2D eigenvalue weighted by Gasteiger charge is -2.07. The maximum atomic E-state index is 11.0. The molecular formula is C9H13N3OS. The number of rotatable bonds is 3. The van der Waals surface area contributed by atoms with Crippen molar-refractivity contribution in [2.45, 2.75) is 24.0 Å². The third-order valence-electron chi connectivity index (χ3n) is 2.23. The van der Waals surface area contributed by atoms with Gasteiger partial charge in [0.25, 0.3) is 5.56 Å². The fourth-order valence-corrected chi connectivity index (χ4v) is 2.46. The average Bonchev–Trinajstić information content (AvgIpc) is 2.67. The number of nitrogens with one attached hydrogen (secondary N) is 2. The monoisotopic (exact) mass is 211 g/mol. The Bertz CT molecular complexity index is 346. The zero-order valence-electron chi connectivity index (χ0n) is 7.82. The van der Waals surface area contributed by atoms with Crippen molar-refractivity contribution >= 4 is 11.8 Å². The van der Waals surface area contributed by atoms with Crippen molar-refractivity contribution < 1.29 is 0 Å². The molecule has 0 saturated carbocycles. The quantitative estimate of drug-likeness (QED) is 0.568. The highest BCUT2D eigenvalue weighted by atomic mass is 32.2. The second-order valence-electron chi connectivity index (χ2n) is 3.34. The molecule has 0 bridgehead atoms. The Hall–Kier alpha value is -0.810. The van der Waals surface area contributed by atoms with Crippen LogP contribution in [-0.4, -0.2) is 28.3 Å². The molecule has 0 aliphatic carbocycles. The highest BCUT2D eigenvalue weighted by molar-refractivity contribution is 7.99. The van der Waals surface area contributed by atoms with E-state index in [9.17, 15) is 4.79 Å². The molecule has 5 heteroatoms. The smallest absolute Gasteiger partial charge is 0.251 e. The molecule has 1 unspecified atom stereocenters. The minimum atomic E-state index is -0.0816. The van der Waals surface area contributed by atoms with Crippen LogP contribution in [-0.2, 0) is 0 Å². The van der Waals surface area contributed by atoms with E-state index >= 15 is 0 Å². The van der Waals surface area contributed by atoms with Crippen LogP contribution in [0, 0.1) is 0 Å². The van der Waals surface area contributed by atoms with Crippen molar-refractivity contribution in [3.8, 4) is 0 Å². The summed E-state index contributed by atoms with van der Waals surface area (Å²) in [5.74, 6) is 0.979. The Morgan fingerprint density at radius 1 is 1.64 bits per heavy atom. The number of hydrogen-bond acceptors (Lipinski definition) is 4. The van der Waals surface area contributed by atoms with Gasteiger partial charge in [0.1, 0.15) is 0 Å². The number of nitrogens with zero attached hydrogens (tertiary/aromatic N) is 1. The fraction of sp³-hybridized carbons (Fsp3) is 0.556. The molecule has 1 fully saturated rings. The van der Waals surface area contributed by atoms with Crippen LogP contribution in [0.5, 0.6) is 0 Å². The Morgan fingerprint density at radius 2 is 2.57 bits per heavy atom. The molecule has 0 aromatic carbocycles. The Kier molecular flexibility index (Phi) is 3.21. The maximum Gasteiger partial charge on any atom is 0.251 e. The molecule has 1 aromatic rings. The van der Waals surface area contributed by atoms with Crippen molar-refractivity contribution in [3.05, 3.63) is 22.6 Å². The second kappa shape index (κ2) is 4.61. The van der Waals surface area contributed by atoms with E-state index in [2.05, 4.69) is 15.3 Å². The first-order chi connectivity index (χ1) is 6.84. The zero-order chi connectivity index (χ0) is 9.80. The molecule has 4 nitrogen and oxygen atoms in total. The first-order valence-corrected chi connectivity index (χ1v) is 5.75. The van der Waals surface area contributed by atoms with Crippen LogP contribution in [0.3, 0.4) is 0 Å². The predicted octanol–water partition coefficient (Wildman–Crippen LogP) is 0.614. The lowest BCUT2D eigenvalue weighted by molar-refractivity contribution is 0.673. The van der Waals surface area contributed by atoms with Gasteiger partial charge in [-0.3, -0.25) is 4.79 Å². The first kappa shape index (κ1) is 9.73. The largest absolute Gasteiger partial charge is 0.313 e. The van der Waals surface area contributed by atoms with Crippen LogP contribution in [0.2, 0.25) is 0 Å². The summed E-state index contributed by atoms with van der Waals surface area (Å²) in [5, 5.41) is 4.11. The molecule has 76 valence electrons. The molecule has 14 heavy (non-hydrogen) atoms. The Balaban J connectivity index is 1.88. The van der Waals surface area contributed by atoms with Gasteiger partial charge < -0.3 is 10.3 Å². The lowest BCUT2D eigenvalue weighted by Crippen LogP contribution is -2.23. The molecule has 2 heterocycles. The summed E-state index contributed by atoms with van der Waals surface area (Å²) in [4.78, 5) is 17.7. The van der Waals surface area contributed by atoms with Crippen LogP contribution >= 0.6 is 11.8 Å². The number of hydrogen-bond donors (Lipinski definition) is 2. The summed E-state index contributed by atoms with van der Waals surface area (Å²) in [6.07, 6.45) is 4.03. The molecule has 1 saturated heterocycles. The summed E-state index contributed by atoms with van der Waals surface area (Å²) in [6.45, 7) is 1.12. The van der Waals surface area contributed by atoms with Crippen LogP contribution in [0.15, 0.2) is 22.2 Å². The summed E-state index contributed by atoms with van der Waals surface area (Å²) in [7, 11) is 0. The van der Waals surface area contributed by atoms with E-state index in [1.54, 1.807) is 18.0 Å². The third-order valence-corrected chi connectivity index (χ3v) is 3.28. The van der Waals surface area contributed by atoms with Gasteiger partial charge >= 0.3 is 0 Å². The van der Waals surface area contributed by atoms with E-state index in [0.29, 0.717) is 11.2 Å². The zero-order valence-corrected chi connectivity index (χ0v) is 8.64. The van der Waals surface area contributed by atoms with Gasteiger partial charge in [-0.15, -0.1) is 0 Å². The van der Waals surface area contributed by atoms with Crippen molar-refractivity contribution in [3.63, 3.8) is 0 Å². The topological polar surface area (TPSA) is 57.8 Å². The standard InChI is InChI=1S/C9H13N3OS/c13-8-3-5-11-9(12-8)14-6-7-2-1-4-10-7/h3,5,7,10H,1-2,4,6H2,(H,11,12,13). The normalized spacial score (nSPS) is 21.3. The molecule has 2 rings (SSSR count). The predicted molar refractivity (Wildman–Crippen MR) is 56.6 cm³/mol. The summed E-state index contributed by atoms with van der Waals surface area (Å²) in [6, 6.07) is 2.00. The van der Waals surface area contributed by atoms with Crippen molar-refractivity contribution in [2.24, 2.45) is 0 Å². The molecule has 2 N–H and O–H groups in total. The summed E-state index contributed by atoms with van der Waals surface area (Å²) in [5.41, 5.74) is -0.0816. The number of H-pyrrole nitrogens is 1. The molecule has 0 amide bonds. The van der Waals surface area contributed by atoms with E-state index in [4.69, 9.17) is 0 Å². The number of aromatic nitrogens is 2. The lowest BCUT2D eigenvalue weighted by atomic mass is 10.3. The van der Waals surface area contributed by atoms with E-state index in [-0.39, 0.29) is 5.56 Å². The molecule has 1 atom stereocenters. The van der Waals surface area contributed by atoms with Gasteiger partial charge in [-0.2, -0.15) is 0 Å². The molecule has 1 aliphatic rings. The average molecular weight is 211 g/mol. The van der Waals surface area contributed by atoms with Crippen LogP contribution in [0.1, 0.15) is 12.8 Å². The summed E-state index contributed by atoms with van der Waals surface area (Å²) < 4.78 is 0. The Morgan fingerprint density at radius 3 is 3.29 bits per heavy atom. The highest BCUT2D eigenvalue weighted by Gasteiger charge is 2.14. The van der Waals surface area contributed by atoms with Gasteiger partial charge in [0.2, 0.25) is 0 Å². The maximum absolute atomic E-state index is 11.0. The van der Waals surface area contributed by atoms with E-state index in [0.717, 1.165) is 12.3 Å². The third kappa shape index (κ3) is 2.59. The summed E-state index contributed by atoms with van der Waals surface area (Å²) >= 11 is 1.60. The van der Waals surface area contributed by atoms with E-state index in [1.165, 1.54) is 18.9 Å². The van der Waals surface area contributed by atoms with Crippen LogP contribution in [0.4, 0.5) is 0 Å². The number of aromatic amines is 1. The molecule has 0 radical (unpaired) electrons. The minimum absolute atomic E-state index is 0.0816. The van der Waals surface area contributed by atoms with Crippen molar-refractivity contribution in [1.82, 2.24) is 15.3 Å². The van der Waals surface area contributed by atoms with Gasteiger partial charge in [0, 0.05) is 24.1 Å². The molecular weight excluding hydrogens is 198 g/mol. The minimum Gasteiger partial charge on any atom is -0.313 e. The first-order valence-electron chi connectivity index (χ1n) is 4.76. The van der Waals surface area contributed by atoms with Gasteiger partial charge in [0.15, 0.2) is 5.16 Å². The molecule has 0 spiro atoms. The number of thioether (sulfide) groups is 1. The highest BCUT2D eigenvalue weighted by Crippen LogP contribution is 2.16. The van der Waals surface area contributed by atoms with E-state index in [1.807, 2.05) is 0 Å². The van der Waals surface area contributed by atoms with Crippen LogP contribution < -0.4 is 10.9 Å². The fourth-order valence-electron chi connectivity index (χ4n) is 1.50. The van der Waals surface area contributed by atoms with Crippen LogP contribution in [0.25, 0.3) is 0 Å². The van der Waals surface area contributed by atoms with Gasteiger partial charge in [0.05, 0.1) is 0 Å². The van der Waals surface area contributed by atoms with E-state index < -0.39 is 0 Å². The van der Waals surface area contributed by atoms with Crippen molar-refractivity contribution in [2.75, 3.05) is 12.3 Å². The van der Waals surface area contributed by atoms with Gasteiger partial charge in [-0.1, -0.05) is 11.8 Å². The molecule has 1 aromatic heterocycles. The van der Waals surface area contributed by atoms with Gasteiger partial charge in [-0.05, 0) is 19.4 Å². The molecule has 1 aliphatic heterocycles. The van der Waals surface area contributed by atoms with Crippen molar-refractivity contribution in [1.29, 1.82) is 0 Å². The SMILES string of the molecule is O=c1ccnc(SCC2CCCN2)[nH]1. The van der Waals surface area contributed by atoms with Gasteiger partial charge in [-0.25, -0.2) is 4.98 Å². The second-order valence-corrected chi connectivity index (χ2v) is 4.35.